The van der Waals surface area contributed by atoms with Crippen molar-refractivity contribution in [1.82, 2.24) is 4.98 Å². The number of benzene rings is 2. The van der Waals surface area contributed by atoms with E-state index in [0.29, 0.717) is 11.3 Å². The average Bonchev–Trinajstić information content (AvgIpc) is 2.67. The van der Waals surface area contributed by atoms with E-state index in [1.54, 1.807) is 0 Å². The molecule has 0 atom stereocenters. The van der Waals surface area contributed by atoms with Gasteiger partial charge in [0.05, 0.1) is 36.4 Å². The zero-order valence-corrected chi connectivity index (χ0v) is 14.8. The lowest BCUT2D eigenvalue weighted by molar-refractivity contribution is 0.0601. The Bertz CT molecular complexity index is 1090. The highest BCUT2D eigenvalue weighted by molar-refractivity contribution is 7.91. The highest BCUT2D eigenvalue weighted by Gasteiger charge is 2.24. The Morgan fingerprint density at radius 3 is 2.38 bits per heavy atom. The fourth-order valence-corrected chi connectivity index (χ4v) is 3.79. The minimum Gasteiger partial charge on any atom is -0.506 e. The first-order valence-electron chi connectivity index (χ1n) is 7.47. The predicted octanol–water partition coefficient (Wildman–Crippen LogP) is 2.57. The number of aromatic hydroxyl groups is 1. The number of carbonyl (C=O) groups excluding carboxylic acids is 1. The van der Waals surface area contributed by atoms with Crippen LogP contribution in [0.3, 0.4) is 0 Å². The van der Waals surface area contributed by atoms with Gasteiger partial charge in [-0.25, -0.2) is 13.2 Å². The number of hydrogen-bond donors (Lipinski definition) is 1. The molecule has 0 unspecified atom stereocenters. The lowest BCUT2D eigenvalue weighted by Crippen LogP contribution is -2.04. The van der Waals surface area contributed by atoms with Gasteiger partial charge in [0.15, 0.2) is 0 Å². The fraction of sp³-hybridized carbons (Fsp3) is 0.111. The van der Waals surface area contributed by atoms with Crippen LogP contribution in [0.4, 0.5) is 0 Å². The van der Waals surface area contributed by atoms with Crippen molar-refractivity contribution in [2.45, 2.75) is 9.79 Å². The van der Waals surface area contributed by atoms with Crippen molar-refractivity contribution >= 4 is 26.7 Å². The van der Waals surface area contributed by atoms with Gasteiger partial charge in [0, 0.05) is 5.39 Å². The van der Waals surface area contributed by atoms with Gasteiger partial charge >= 0.3 is 5.97 Å². The van der Waals surface area contributed by atoms with E-state index in [4.69, 9.17) is 4.74 Å². The zero-order valence-electron chi connectivity index (χ0n) is 14.0. The van der Waals surface area contributed by atoms with Crippen LogP contribution in [0.1, 0.15) is 10.4 Å². The van der Waals surface area contributed by atoms with Crippen LogP contribution in [0.25, 0.3) is 10.9 Å². The summed E-state index contributed by atoms with van der Waals surface area (Å²) in [6, 6.07) is 10.1. The number of ether oxygens (including phenoxy) is 2. The summed E-state index contributed by atoms with van der Waals surface area (Å²) in [5.41, 5.74) is 0.528. The van der Waals surface area contributed by atoms with Crippen LogP contribution in [-0.2, 0) is 14.6 Å². The van der Waals surface area contributed by atoms with Gasteiger partial charge in [-0.3, -0.25) is 4.98 Å². The first kappa shape index (κ1) is 17.7. The molecular formula is C18H15NO6S. The van der Waals surface area contributed by atoms with Crippen molar-refractivity contribution in [2.24, 2.45) is 0 Å². The van der Waals surface area contributed by atoms with Crippen LogP contribution in [0.2, 0.25) is 0 Å². The topological polar surface area (TPSA) is 103 Å². The first-order chi connectivity index (χ1) is 12.4. The number of fused-ring (bicyclic) bond motifs is 1. The van der Waals surface area contributed by atoms with Crippen LogP contribution in [0.5, 0.6) is 11.5 Å². The van der Waals surface area contributed by atoms with Crippen LogP contribution < -0.4 is 4.74 Å². The molecule has 0 aliphatic rings. The van der Waals surface area contributed by atoms with Gasteiger partial charge in [-0.1, -0.05) is 0 Å². The van der Waals surface area contributed by atoms with Crippen molar-refractivity contribution < 1.29 is 27.8 Å². The van der Waals surface area contributed by atoms with E-state index >= 15 is 0 Å². The van der Waals surface area contributed by atoms with Crippen LogP contribution in [0, 0.1) is 0 Å². The Morgan fingerprint density at radius 2 is 1.77 bits per heavy atom. The van der Waals surface area contributed by atoms with Crippen molar-refractivity contribution in [1.29, 1.82) is 0 Å². The fourth-order valence-electron chi connectivity index (χ4n) is 2.48. The minimum atomic E-state index is -4.01. The molecule has 0 bridgehead atoms. The van der Waals surface area contributed by atoms with Gasteiger partial charge in [-0.2, -0.15) is 0 Å². The molecule has 26 heavy (non-hydrogen) atoms. The molecule has 8 heteroatoms. The molecule has 0 aliphatic heterocycles. The molecule has 1 heterocycles. The van der Waals surface area contributed by atoms with Gasteiger partial charge in [0.2, 0.25) is 9.84 Å². The summed E-state index contributed by atoms with van der Waals surface area (Å²) >= 11 is 0. The van der Waals surface area contributed by atoms with E-state index in [2.05, 4.69) is 9.72 Å². The summed E-state index contributed by atoms with van der Waals surface area (Å²) in [6.07, 6.45) is 1.09. The number of sulfone groups is 1. The highest BCUT2D eigenvalue weighted by atomic mass is 32.2. The largest absolute Gasteiger partial charge is 0.506 e. The van der Waals surface area contributed by atoms with E-state index < -0.39 is 21.6 Å². The standard InChI is InChI=1S/C18H15NO6S/c1-24-12-4-6-13(7-5-12)26(22,23)16-10-19-15-8-3-11(18(21)25-2)9-14(15)17(16)20/h3-10H,1-2H3,(H,19,20). The Kier molecular flexibility index (Phi) is 4.52. The zero-order chi connectivity index (χ0) is 18.9. The molecule has 2 aromatic carbocycles. The maximum Gasteiger partial charge on any atom is 0.337 e. The van der Waals surface area contributed by atoms with Gasteiger partial charge in [-0.05, 0) is 42.5 Å². The maximum absolute atomic E-state index is 12.8. The quantitative estimate of drug-likeness (QED) is 0.701. The Labute approximate surface area is 149 Å². The second-order valence-electron chi connectivity index (χ2n) is 5.37. The molecule has 3 aromatic rings. The number of aromatic nitrogens is 1. The summed E-state index contributed by atoms with van der Waals surface area (Å²) in [6.45, 7) is 0. The molecular weight excluding hydrogens is 358 g/mol. The van der Waals surface area contributed by atoms with E-state index in [1.807, 2.05) is 0 Å². The molecule has 0 saturated carbocycles. The van der Waals surface area contributed by atoms with E-state index in [0.717, 1.165) is 6.20 Å². The molecule has 0 amide bonds. The third kappa shape index (κ3) is 2.95. The Morgan fingerprint density at radius 1 is 1.08 bits per heavy atom. The molecule has 134 valence electrons. The monoisotopic (exact) mass is 373 g/mol. The van der Waals surface area contributed by atoms with Crippen LogP contribution in [0.15, 0.2) is 58.5 Å². The molecule has 1 aromatic heterocycles. The number of rotatable bonds is 4. The SMILES string of the molecule is COC(=O)c1ccc2ncc(S(=O)(=O)c3ccc(OC)cc3)c(O)c2c1. The first-order valence-corrected chi connectivity index (χ1v) is 8.96. The van der Waals surface area contributed by atoms with Gasteiger partial charge in [0.1, 0.15) is 16.4 Å². The second-order valence-corrected chi connectivity index (χ2v) is 7.29. The second kappa shape index (κ2) is 6.64. The number of esters is 1. The summed E-state index contributed by atoms with van der Waals surface area (Å²) in [5.74, 6) is -0.571. The number of pyridine rings is 1. The molecule has 3 rings (SSSR count). The molecule has 0 fully saturated rings. The van der Waals surface area contributed by atoms with Crippen molar-refractivity contribution in [3.8, 4) is 11.5 Å². The number of methoxy groups -OCH3 is 2. The maximum atomic E-state index is 12.8. The third-order valence-electron chi connectivity index (χ3n) is 3.89. The summed E-state index contributed by atoms with van der Waals surface area (Å²) in [5, 5.41) is 10.7. The third-order valence-corrected chi connectivity index (χ3v) is 5.66. The molecule has 0 spiro atoms. The van der Waals surface area contributed by atoms with E-state index in [1.165, 1.54) is 56.7 Å². The van der Waals surface area contributed by atoms with Gasteiger partial charge in [0.25, 0.3) is 0 Å². The van der Waals surface area contributed by atoms with Crippen LogP contribution >= 0.6 is 0 Å². The predicted molar refractivity (Wildman–Crippen MR) is 93.2 cm³/mol. The molecule has 7 nitrogen and oxygen atoms in total. The average molecular weight is 373 g/mol. The van der Waals surface area contributed by atoms with Crippen molar-refractivity contribution in [2.75, 3.05) is 14.2 Å². The van der Waals surface area contributed by atoms with Crippen molar-refractivity contribution in [3.05, 3.63) is 54.2 Å². The van der Waals surface area contributed by atoms with E-state index in [9.17, 15) is 18.3 Å². The number of nitrogens with zero attached hydrogens (tertiary/aromatic N) is 1. The summed E-state index contributed by atoms with van der Waals surface area (Å²) < 4.78 is 35.3. The summed E-state index contributed by atoms with van der Waals surface area (Å²) in [4.78, 5) is 15.4. The highest BCUT2D eigenvalue weighted by Crippen LogP contribution is 2.34. The molecule has 0 aliphatic carbocycles. The van der Waals surface area contributed by atoms with E-state index in [-0.39, 0.29) is 20.7 Å². The van der Waals surface area contributed by atoms with Crippen LogP contribution in [-0.4, -0.2) is 38.7 Å². The number of carbonyl (C=O) groups is 1. The normalized spacial score (nSPS) is 11.3. The van der Waals surface area contributed by atoms with Gasteiger partial charge < -0.3 is 14.6 Å². The minimum absolute atomic E-state index is 0.0149. The number of hydrogen-bond acceptors (Lipinski definition) is 7. The van der Waals surface area contributed by atoms with Gasteiger partial charge in [-0.15, -0.1) is 0 Å². The molecule has 0 radical (unpaired) electrons. The lowest BCUT2D eigenvalue weighted by atomic mass is 10.1. The smallest absolute Gasteiger partial charge is 0.337 e. The Balaban J connectivity index is 2.17. The Hall–Kier alpha value is -3.13. The molecule has 1 N–H and O–H groups in total. The van der Waals surface area contributed by atoms with Crippen molar-refractivity contribution in [3.63, 3.8) is 0 Å². The summed E-state index contributed by atoms with van der Waals surface area (Å²) in [7, 11) is -1.30. The lowest BCUT2D eigenvalue weighted by Gasteiger charge is -2.10. The molecule has 0 saturated heterocycles.